The van der Waals surface area contributed by atoms with Crippen molar-refractivity contribution in [2.45, 2.75) is 212 Å². The Bertz CT molecular complexity index is 1220. The minimum absolute atomic E-state index is 0.00669. The zero-order valence-electron chi connectivity index (χ0n) is 40.1. The lowest BCUT2D eigenvalue weighted by atomic mass is 10.0. The quantitative estimate of drug-likeness (QED) is 0.0273. The van der Waals surface area contributed by atoms with Crippen molar-refractivity contribution < 1.29 is 32.9 Å². The Labute approximate surface area is 376 Å². The van der Waals surface area contributed by atoms with E-state index in [0.29, 0.717) is 17.4 Å². The fourth-order valence-electron chi connectivity index (χ4n) is 6.77. The van der Waals surface area contributed by atoms with Crippen LogP contribution in [0.5, 0.6) is 0 Å². The maximum absolute atomic E-state index is 12.9. The number of rotatable bonds is 44. The average molecular weight is 875 g/mol. The topological polar surface area (TPSA) is 108 Å². The number of nitrogens with zero attached hydrogens (tertiary/aromatic N) is 1. The van der Waals surface area contributed by atoms with Crippen LogP contribution in [0.4, 0.5) is 0 Å². The van der Waals surface area contributed by atoms with E-state index in [0.717, 1.165) is 83.5 Å². The Morgan fingerprint density at radius 1 is 0.590 bits per heavy atom. The van der Waals surface area contributed by atoms with Gasteiger partial charge in [0.2, 0.25) is 5.91 Å². The van der Waals surface area contributed by atoms with Crippen LogP contribution in [0.15, 0.2) is 72.9 Å². The van der Waals surface area contributed by atoms with Crippen LogP contribution in [0.1, 0.15) is 200 Å². The number of unbranched alkanes of at least 4 members (excludes halogenated alkanes) is 21. The number of hydrogen-bond acceptors (Lipinski definition) is 6. The van der Waals surface area contributed by atoms with Gasteiger partial charge in [-0.15, -0.1) is 0 Å². The molecule has 9 heteroatoms. The van der Waals surface area contributed by atoms with Crippen LogP contribution in [0, 0.1) is 0 Å². The van der Waals surface area contributed by atoms with Gasteiger partial charge in [0.05, 0.1) is 39.9 Å². The lowest BCUT2D eigenvalue weighted by Crippen LogP contribution is -2.45. The van der Waals surface area contributed by atoms with Gasteiger partial charge in [-0.2, -0.15) is 0 Å². The van der Waals surface area contributed by atoms with Crippen LogP contribution < -0.4 is 10.2 Å². The molecule has 1 amide bonds. The SMILES string of the molecule is CC/C=C\C/C=C\C/C=C\C/C=C\C/C=C\CCCCCCCCCC(=O)NC(COP(=O)([O-])OCC[N+](C)(C)C)C(O)/C=C/CCCCCCCCCCCCCCCC. The van der Waals surface area contributed by atoms with Gasteiger partial charge in [-0.3, -0.25) is 9.36 Å². The summed E-state index contributed by atoms with van der Waals surface area (Å²) < 4.78 is 23.3. The van der Waals surface area contributed by atoms with Gasteiger partial charge in [0.25, 0.3) is 7.82 Å². The second-order valence-corrected chi connectivity index (χ2v) is 19.2. The van der Waals surface area contributed by atoms with Crippen LogP contribution in [-0.2, 0) is 18.4 Å². The molecule has 0 saturated heterocycles. The molecule has 0 aromatic rings. The third-order valence-corrected chi connectivity index (χ3v) is 11.6. The number of phosphoric ester groups is 1. The van der Waals surface area contributed by atoms with Crippen molar-refractivity contribution in [3.63, 3.8) is 0 Å². The van der Waals surface area contributed by atoms with E-state index in [1.807, 2.05) is 27.2 Å². The Hall–Kier alpha value is -2.06. The molecule has 0 aliphatic rings. The van der Waals surface area contributed by atoms with E-state index in [1.165, 1.54) is 96.3 Å². The molecule has 0 rings (SSSR count). The molecule has 3 unspecified atom stereocenters. The summed E-state index contributed by atoms with van der Waals surface area (Å²) in [5.41, 5.74) is 0. The monoisotopic (exact) mass is 875 g/mol. The minimum Gasteiger partial charge on any atom is -0.756 e. The fourth-order valence-corrected chi connectivity index (χ4v) is 7.49. The lowest BCUT2D eigenvalue weighted by molar-refractivity contribution is -0.870. The molecule has 0 fully saturated rings. The second-order valence-electron chi connectivity index (χ2n) is 17.8. The van der Waals surface area contributed by atoms with Crippen molar-refractivity contribution >= 4 is 13.7 Å². The molecule has 0 aliphatic carbocycles. The molecule has 0 heterocycles. The van der Waals surface area contributed by atoms with Crippen molar-refractivity contribution in [3.05, 3.63) is 72.9 Å². The minimum atomic E-state index is -4.60. The van der Waals surface area contributed by atoms with Crippen LogP contribution in [-0.4, -0.2) is 68.5 Å². The standard InChI is InChI=1S/C52H95N2O6P/c1-6-8-10-12-14-16-18-20-22-24-25-26-27-28-29-30-32-34-36-38-40-42-44-46-52(56)53-50(49-60-61(57,58)59-48-47-54(3,4)5)51(55)45-43-41-39-37-35-33-31-23-21-19-17-15-13-11-9-7-2/h8,10,14,16,20,22,25-26,28-29,43,45,50-51,55H,6-7,9,11-13,15,17-19,21,23-24,27,30-42,44,46-49H2,1-5H3,(H-,53,56,57,58)/b10-8-,16-14-,22-20-,26-25-,29-28-,45-43+. The molecule has 3 atom stereocenters. The number of aliphatic hydroxyl groups is 1. The number of phosphoric acid groups is 1. The second kappa shape index (κ2) is 43.2. The summed E-state index contributed by atoms with van der Waals surface area (Å²) >= 11 is 0. The maximum Gasteiger partial charge on any atom is 0.268 e. The van der Waals surface area contributed by atoms with Crippen LogP contribution in [0.3, 0.4) is 0 Å². The van der Waals surface area contributed by atoms with Crippen molar-refractivity contribution in [2.75, 3.05) is 40.9 Å². The van der Waals surface area contributed by atoms with Crippen molar-refractivity contribution in [1.82, 2.24) is 5.32 Å². The first-order valence-corrected chi connectivity index (χ1v) is 26.3. The number of hydrogen-bond donors (Lipinski definition) is 2. The first-order valence-electron chi connectivity index (χ1n) is 24.8. The van der Waals surface area contributed by atoms with Gasteiger partial charge >= 0.3 is 0 Å². The predicted octanol–water partition coefficient (Wildman–Crippen LogP) is 13.7. The van der Waals surface area contributed by atoms with Crippen molar-refractivity contribution in [1.29, 1.82) is 0 Å². The van der Waals surface area contributed by atoms with E-state index >= 15 is 0 Å². The Morgan fingerprint density at radius 2 is 1.00 bits per heavy atom. The van der Waals surface area contributed by atoms with Gasteiger partial charge in [0, 0.05) is 6.42 Å². The van der Waals surface area contributed by atoms with Crippen molar-refractivity contribution in [3.8, 4) is 0 Å². The van der Waals surface area contributed by atoms with Gasteiger partial charge in [-0.25, -0.2) is 0 Å². The number of aliphatic hydroxyl groups excluding tert-OH is 1. The Balaban J connectivity index is 4.37. The highest BCUT2D eigenvalue weighted by atomic mass is 31.2. The van der Waals surface area contributed by atoms with Gasteiger partial charge < -0.3 is 28.8 Å². The highest BCUT2D eigenvalue weighted by molar-refractivity contribution is 7.45. The molecule has 0 aliphatic heterocycles. The first-order chi connectivity index (χ1) is 29.5. The molecule has 0 spiro atoms. The molecule has 61 heavy (non-hydrogen) atoms. The number of carbonyl (C=O) groups excluding carboxylic acids is 1. The van der Waals surface area contributed by atoms with Crippen LogP contribution >= 0.6 is 7.82 Å². The number of nitrogens with one attached hydrogen (secondary N) is 1. The van der Waals surface area contributed by atoms with Gasteiger partial charge in [0.1, 0.15) is 13.2 Å². The summed E-state index contributed by atoms with van der Waals surface area (Å²) in [5, 5.41) is 13.8. The number of allylic oxidation sites excluding steroid dienone is 11. The predicted molar refractivity (Wildman–Crippen MR) is 260 cm³/mol. The molecule has 0 saturated carbocycles. The first kappa shape index (κ1) is 58.9. The number of carbonyl (C=O) groups is 1. The van der Waals surface area contributed by atoms with Crippen LogP contribution in [0.2, 0.25) is 0 Å². The Morgan fingerprint density at radius 3 is 1.46 bits per heavy atom. The van der Waals surface area contributed by atoms with E-state index in [-0.39, 0.29) is 19.1 Å². The highest BCUT2D eigenvalue weighted by Crippen LogP contribution is 2.38. The normalized spacial score (nSPS) is 14.8. The number of likely N-dealkylation sites (N-methyl/N-ethyl adjacent to an activating group) is 1. The number of amides is 1. The van der Waals surface area contributed by atoms with E-state index in [9.17, 15) is 19.4 Å². The molecule has 8 nitrogen and oxygen atoms in total. The van der Waals surface area contributed by atoms with E-state index in [4.69, 9.17) is 9.05 Å². The molecule has 0 aromatic heterocycles. The van der Waals surface area contributed by atoms with Gasteiger partial charge in [-0.1, -0.05) is 202 Å². The van der Waals surface area contributed by atoms with E-state index < -0.39 is 20.0 Å². The van der Waals surface area contributed by atoms with Gasteiger partial charge in [-0.05, 0) is 64.2 Å². The summed E-state index contributed by atoms with van der Waals surface area (Å²) in [6.07, 6.45) is 58.0. The molecular formula is C52H95N2O6P. The summed E-state index contributed by atoms with van der Waals surface area (Å²) in [5.74, 6) is -0.211. The fraction of sp³-hybridized carbons (Fsp3) is 0.750. The summed E-state index contributed by atoms with van der Waals surface area (Å²) in [7, 11) is 1.24. The molecule has 0 bridgehead atoms. The third kappa shape index (κ3) is 45.8. The molecule has 0 aromatic carbocycles. The van der Waals surface area contributed by atoms with Crippen molar-refractivity contribution in [2.24, 2.45) is 0 Å². The van der Waals surface area contributed by atoms with Crippen LogP contribution in [0.25, 0.3) is 0 Å². The van der Waals surface area contributed by atoms with Gasteiger partial charge in [0.15, 0.2) is 0 Å². The lowest BCUT2D eigenvalue weighted by Gasteiger charge is -2.29. The smallest absolute Gasteiger partial charge is 0.268 e. The summed E-state index contributed by atoms with van der Waals surface area (Å²) in [4.78, 5) is 25.4. The number of quaternary nitrogens is 1. The Kier molecular flexibility index (Phi) is 41.7. The summed E-state index contributed by atoms with van der Waals surface area (Å²) in [6, 6.07) is -0.896. The summed E-state index contributed by atoms with van der Waals surface area (Å²) in [6.45, 7) is 4.52. The zero-order chi connectivity index (χ0) is 45.0. The molecule has 354 valence electrons. The zero-order valence-corrected chi connectivity index (χ0v) is 41.0. The maximum atomic E-state index is 12.9. The average Bonchev–Trinajstić information content (AvgIpc) is 3.21. The van der Waals surface area contributed by atoms with E-state index in [2.05, 4.69) is 79.9 Å². The third-order valence-electron chi connectivity index (χ3n) is 10.7. The molecule has 2 N–H and O–H groups in total. The molecule has 0 radical (unpaired) electrons. The molecular weight excluding hydrogens is 780 g/mol. The van der Waals surface area contributed by atoms with E-state index in [1.54, 1.807) is 6.08 Å². The largest absolute Gasteiger partial charge is 0.756 e. The highest BCUT2D eigenvalue weighted by Gasteiger charge is 2.23.